The average molecular weight is 631 g/mol. The first-order valence-electron chi connectivity index (χ1n) is 16.1. The molecule has 4 aliphatic rings. The molecule has 2 N–H and O–H groups in total. The second-order valence-corrected chi connectivity index (χ2v) is 12.1. The number of nitrogens with zero attached hydrogens (tertiary/aromatic N) is 1. The van der Waals surface area contributed by atoms with Crippen LogP contribution in [0.25, 0.3) is 0 Å². The number of carbonyl (C=O) groups excluding carboxylic acids is 1. The summed E-state index contributed by atoms with van der Waals surface area (Å²) in [5.74, 6) is 0.323. The minimum absolute atomic E-state index is 0.0921. The van der Waals surface area contributed by atoms with Crippen molar-refractivity contribution < 1.29 is 38.4 Å². The number of ether oxygens (including phenoxy) is 5. The number of alkyl carbamates (subject to hydrolysis) is 1. The number of methoxy groups -OCH3 is 1. The highest BCUT2D eigenvalue weighted by Crippen LogP contribution is 2.33. The van der Waals surface area contributed by atoms with Gasteiger partial charge in [0.2, 0.25) is 0 Å². The number of carboxylic acid groups (broad SMARTS) is 1. The fourth-order valence-electron chi connectivity index (χ4n) is 6.78. The predicted octanol–water partition coefficient (Wildman–Crippen LogP) is 5.58. The van der Waals surface area contributed by atoms with Crippen LogP contribution in [0.4, 0.5) is 4.79 Å². The summed E-state index contributed by atoms with van der Waals surface area (Å²) in [5.41, 5.74) is 3.51. The van der Waals surface area contributed by atoms with Crippen molar-refractivity contribution in [3.8, 4) is 11.5 Å². The van der Waals surface area contributed by atoms with E-state index >= 15 is 0 Å². The van der Waals surface area contributed by atoms with Gasteiger partial charge in [-0.05, 0) is 86.0 Å². The van der Waals surface area contributed by atoms with Gasteiger partial charge in [-0.1, -0.05) is 48.5 Å². The summed E-state index contributed by atoms with van der Waals surface area (Å²) in [7, 11) is 1.49. The zero-order valence-corrected chi connectivity index (χ0v) is 26.2. The molecule has 4 saturated heterocycles. The quantitative estimate of drug-likeness (QED) is 0.250. The first-order chi connectivity index (χ1) is 22.5. The van der Waals surface area contributed by atoms with Crippen molar-refractivity contribution in [3.05, 3.63) is 94.5 Å². The normalized spacial score (nSPS) is 21.5. The average Bonchev–Trinajstić information content (AvgIpc) is 3.61. The molecule has 244 valence electrons. The number of piperidine rings is 3. The SMILES string of the molecule is COc1c(C(=O)O)ccc(COc2cccc([C@@H](NC(=O)O[C@H]3CN4CCC3CC4)c3ccccc3)c2)c1CCCC1OCCO1. The van der Waals surface area contributed by atoms with Crippen molar-refractivity contribution >= 4 is 12.1 Å². The lowest BCUT2D eigenvalue weighted by Gasteiger charge is -2.43. The van der Waals surface area contributed by atoms with Gasteiger partial charge in [0.05, 0.1) is 26.4 Å². The van der Waals surface area contributed by atoms with Crippen molar-refractivity contribution in [2.75, 3.05) is 40.0 Å². The number of amides is 1. The van der Waals surface area contributed by atoms with E-state index in [1.165, 1.54) is 7.11 Å². The molecule has 0 saturated carbocycles. The highest BCUT2D eigenvalue weighted by molar-refractivity contribution is 5.91. The maximum absolute atomic E-state index is 13.2. The summed E-state index contributed by atoms with van der Waals surface area (Å²) in [6.45, 7) is 4.32. The molecule has 0 spiro atoms. The third-order valence-electron chi connectivity index (χ3n) is 9.18. The van der Waals surface area contributed by atoms with Crippen molar-refractivity contribution in [2.45, 2.75) is 57.1 Å². The number of rotatable bonds is 13. The van der Waals surface area contributed by atoms with E-state index in [4.69, 9.17) is 23.7 Å². The van der Waals surface area contributed by atoms with Gasteiger partial charge in [0.1, 0.15) is 29.8 Å². The molecule has 7 rings (SSSR count). The molecule has 0 aliphatic carbocycles. The second-order valence-electron chi connectivity index (χ2n) is 12.1. The van der Waals surface area contributed by atoms with E-state index in [2.05, 4.69) is 10.2 Å². The summed E-state index contributed by atoms with van der Waals surface area (Å²) >= 11 is 0. The summed E-state index contributed by atoms with van der Waals surface area (Å²) in [6.07, 6.45) is 3.37. The Morgan fingerprint density at radius 2 is 1.76 bits per heavy atom. The molecule has 2 atom stereocenters. The third kappa shape index (κ3) is 7.63. The molecule has 4 aliphatic heterocycles. The predicted molar refractivity (Wildman–Crippen MR) is 170 cm³/mol. The van der Waals surface area contributed by atoms with Crippen LogP contribution in [0.1, 0.15) is 64.3 Å². The van der Waals surface area contributed by atoms with E-state index < -0.39 is 18.1 Å². The highest BCUT2D eigenvalue weighted by Gasteiger charge is 2.37. The van der Waals surface area contributed by atoms with E-state index in [0.717, 1.165) is 61.2 Å². The Hall–Kier alpha value is -4.12. The second kappa shape index (κ2) is 15.0. The molecule has 1 amide bonds. The van der Waals surface area contributed by atoms with Crippen LogP contribution in [0, 0.1) is 5.92 Å². The molecule has 10 nitrogen and oxygen atoms in total. The largest absolute Gasteiger partial charge is 0.496 e. The number of carboxylic acids is 1. The molecular weight excluding hydrogens is 588 g/mol. The number of benzene rings is 3. The summed E-state index contributed by atoms with van der Waals surface area (Å²) < 4.78 is 29.0. The van der Waals surface area contributed by atoms with E-state index in [9.17, 15) is 14.7 Å². The lowest BCUT2D eigenvalue weighted by molar-refractivity contribution is -0.0476. The van der Waals surface area contributed by atoms with Gasteiger partial charge in [0.25, 0.3) is 0 Å². The van der Waals surface area contributed by atoms with Gasteiger partial charge in [-0.3, -0.25) is 4.90 Å². The minimum Gasteiger partial charge on any atom is -0.496 e. The number of hydrogen-bond donors (Lipinski definition) is 2. The van der Waals surface area contributed by atoms with Crippen LogP contribution < -0.4 is 14.8 Å². The zero-order valence-electron chi connectivity index (χ0n) is 26.2. The maximum atomic E-state index is 13.2. The Bertz CT molecular complexity index is 1480. The molecule has 2 bridgehead atoms. The van der Waals surface area contributed by atoms with Crippen molar-refractivity contribution in [1.82, 2.24) is 10.2 Å². The summed E-state index contributed by atoms with van der Waals surface area (Å²) in [4.78, 5) is 27.5. The van der Waals surface area contributed by atoms with Crippen LogP contribution >= 0.6 is 0 Å². The standard InChI is InChI=1S/C36H42N2O8/c1-42-34-29(11-6-12-32-43-19-20-44-32)27(13-14-30(34)35(39)40)23-45-28-10-5-9-26(21-28)33(25-7-3-2-4-8-25)37-36(41)46-31-22-38-17-15-24(31)16-18-38/h2-5,7-10,13-14,21,24,31-33H,6,11-12,15-20,22-23H2,1H3,(H,37,41)(H,39,40)/t31-,33-/m0/s1. The molecule has 3 aromatic rings. The molecule has 0 aromatic heterocycles. The van der Waals surface area contributed by atoms with Crippen LogP contribution in [0.3, 0.4) is 0 Å². The Balaban J connectivity index is 1.18. The number of carbonyl (C=O) groups is 2. The van der Waals surface area contributed by atoms with E-state index in [1.54, 1.807) is 12.1 Å². The van der Waals surface area contributed by atoms with Crippen LogP contribution in [0.2, 0.25) is 0 Å². The van der Waals surface area contributed by atoms with Crippen LogP contribution in [-0.2, 0) is 27.2 Å². The lowest BCUT2D eigenvalue weighted by atomic mass is 9.86. The molecule has 3 aromatic carbocycles. The number of nitrogens with one attached hydrogen (secondary N) is 1. The third-order valence-corrected chi connectivity index (χ3v) is 9.18. The number of hydrogen-bond acceptors (Lipinski definition) is 8. The Labute approximate surface area is 269 Å². The van der Waals surface area contributed by atoms with Gasteiger partial charge in [-0.2, -0.15) is 0 Å². The van der Waals surface area contributed by atoms with Gasteiger partial charge in [0, 0.05) is 12.1 Å². The molecule has 46 heavy (non-hydrogen) atoms. The van der Waals surface area contributed by atoms with E-state index in [0.29, 0.717) is 43.5 Å². The van der Waals surface area contributed by atoms with Crippen LogP contribution in [0.15, 0.2) is 66.7 Å². The first kappa shape index (κ1) is 31.8. The van der Waals surface area contributed by atoms with E-state index in [1.807, 2.05) is 54.6 Å². The Kier molecular flexibility index (Phi) is 10.4. The van der Waals surface area contributed by atoms with E-state index in [-0.39, 0.29) is 24.6 Å². The maximum Gasteiger partial charge on any atom is 0.408 e. The smallest absolute Gasteiger partial charge is 0.408 e. The molecule has 4 heterocycles. The Morgan fingerprint density at radius 3 is 2.46 bits per heavy atom. The fourth-order valence-corrected chi connectivity index (χ4v) is 6.78. The Morgan fingerprint density at radius 1 is 1.00 bits per heavy atom. The molecular formula is C36H42N2O8. The number of fused-ring (bicyclic) bond motifs is 3. The van der Waals surface area contributed by atoms with Gasteiger partial charge < -0.3 is 34.1 Å². The minimum atomic E-state index is -1.05. The zero-order chi connectivity index (χ0) is 31.9. The molecule has 4 fully saturated rings. The van der Waals surface area contributed by atoms with Crippen molar-refractivity contribution in [1.29, 1.82) is 0 Å². The van der Waals surface area contributed by atoms with Gasteiger partial charge >= 0.3 is 12.1 Å². The lowest BCUT2D eigenvalue weighted by Crippen LogP contribution is -2.52. The number of aromatic carboxylic acids is 1. The topological polar surface area (TPSA) is 116 Å². The van der Waals surface area contributed by atoms with Crippen molar-refractivity contribution in [2.24, 2.45) is 5.92 Å². The molecule has 10 heteroatoms. The van der Waals surface area contributed by atoms with Crippen LogP contribution in [0.5, 0.6) is 11.5 Å². The van der Waals surface area contributed by atoms with Crippen molar-refractivity contribution in [3.63, 3.8) is 0 Å². The molecule has 0 radical (unpaired) electrons. The monoisotopic (exact) mass is 630 g/mol. The first-order valence-corrected chi connectivity index (χ1v) is 16.1. The summed E-state index contributed by atoms with van der Waals surface area (Å²) in [5, 5.41) is 12.9. The van der Waals surface area contributed by atoms with Gasteiger partial charge in [-0.25, -0.2) is 9.59 Å². The molecule has 0 unspecified atom stereocenters. The highest BCUT2D eigenvalue weighted by atomic mass is 16.7. The summed E-state index contributed by atoms with van der Waals surface area (Å²) in [6, 6.07) is 20.4. The van der Waals surface area contributed by atoms with Gasteiger partial charge in [0.15, 0.2) is 6.29 Å². The van der Waals surface area contributed by atoms with Crippen LogP contribution in [-0.4, -0.2) is 74.4 Å². The van der Waals surface area contributed by atoms with Gasteiger partial charge in [-0.15, -0.1) is 0 Å². The fraction of sp³-hybridized carbons (Fsp3) is 0.444.